The highest BCUT2D eigenvalue weighted by Gasteiger charge is 2.48. The van der Waals surface area contributed by atoms with Gasteiger partial charge >= 0.3 is 7.23 Å². The molecule has 22 heteroatoms. The minimum absolute atomic E-state index is 0.0110. The molecule has 6 heterocycles. The van der Waals surface area contributed by atoms with Gasteiger partial charge in [-0.3, -0.25) is 14.3 Å². The summed E-state index contributed by atoms with van der Waals surface area (Å²) >= 11 is 9.48. The molecule has 6 rings (SSSR count). The van der Waals surface area contributed by atoms with Crippen LogP contribution in [-0.4, -0.2) is 86.3 Å². The van der Waals surface area contributed by atoms with Crippen LogP contribution >= 0.6 is 26.0 Å². The number of anilines is 2. The number of aromatic amines is 1. The molecule has 2 saturated heterocycles. The van der Waals surface area contributed by atoms with Crippen LogP contribution in [0.5, 0.6) is 0 Å². The second-order valence-electron chi connectivity index (χ2n) is 9.61. The zero-order valence-corrected chi connectivity index (χ0v) is 24.9. The molecular weight excluding hydrogens is 634 g/mol. The standard InChI is InChI=1S/C20H24N10O8P2S2/c21-15-17-23-3-9(30(17)26-6-24-15)10-2-11(38-39(33)41)12(37-10)5-35-40(34,42)13-1-8(4-31)36-19(13)29-7-25-14-16(29)27-20(22)28-18(14)32/h3,6-8,10-13,19,31H,1-2,4-5H2,(H6-,21,22,24,26,27,28,32,33,34,41,42)/p+1/t8-,10+,11-,12+,13+,19+,40?/m0/s1. The fourth-order valence-corrected chi connectivity index (χ4v) is 8.31. The predicted molar refractivity (Wildman–Crippen MR) is 153 cm³/mol. The summed E-state index contributed by atoms with van der Waals surface area (Å²) in [6.45, 7) is -4.29. The van der Waals surface area contributed by atoms with E-state index in [4.69, 9.17) is 41.8 Å². The summed E-state index contributed by atoms with van der Waals surface area (Å²) in [7, 11) is -2.31. The zero-order valence-electron chi connectivity index (χ0n) is 21.4. The Morgan fingerprint density at radius 3 is 2.83 bits per heavy atom. The van der Waals surface area contributed by atoms with E-state index in [2.05, 4.69) is 42.3 Å². The number of ether oxygens (including phenoxy) is 2. The van der Waals surface area contributed by atoms with Crippen LogP contribution in [0.4, 0.5) is 11.8 Å². The molecule has 8 atom stereocenters. The maximum atomic E-state index is 12.3. The van der Waals surface area contributed by atoms with Gasteiger partial charge in [0.05, 0.1) is 43.2 Å². The van der Waals surface area contributed by atoms with Crippen molar-refractivity contribution in [2.24, 2.45) is 0 Å². The monoisotopic (exact) mass is 659 g/mol. The van der Waals surface area contributed by atoms with Gasteiger partial charge in [-0.25, -0.2) is 19.5 Å². The number of nitrogen functional groups attached to an aromatic ring is 2. The summed E-state index contributed by atoms with van der Waals surface area (Å²) in [5, 5.41) is 14.0. The molecule has 0 spiro atoms. The van der Waals surface area contributed by atoms with E-state index in [-0.39, 0.29) is 49.0 Å². The number of H-pyrrole nitrogens is 1. The molecule has 2 aliphatic rings. The number of rotatable bonds is 9. The topological polar surface area (TPSA) is 253 Å². The van der Waals surface area contributed by atoms with E-state index in [0.717, 1.165) is 0 Å². The van der Waals surface area contributed by atoms with Crippen molar-refractivity contribution in [3.8, 4) is 0 Å². The lowest BCUT2D eigenvalue weighted by molar-refractivity contribution is -0.0230. The SMILES string of the molecule is Nc1nc2c(ncn2[C@@H]2O[C@H](CO)C[C@H]2P(O)(=S)OC[C@H]2O[C@@H](c3cnc4c(N)ncnn34)C[C@@H]2O[P+](=O)S)c(=O)[nH]1. The Kier molecular flexibility index (Phi) is 8.03. The maximum Gasteiger partial charge on any atom is 0.582 e. The Bertz CT molecular complexity index is 1770. The number of nitrogens with zero attached hydrogens (tertiary/aromatic N) is 7. The van der Waals surface area contributed by atoms with E-state index < -0.39 is 55.6 Å². The zero-order chi connectivity index (χ0) is 29.8. The highest BCUT2D eigenvalue weighted by molar-refractivity contribution is 8.39. The third-order valence-corrected chi connectivity index (χ3v) is 10.7. The van der Waals surface area contributed by atoms with Gasteiger partial charge in [0.1, 0.15) is 43.1 Å². The van der Waals surface area contributed by atoms with Crippen LogP contribution < -0.4 is 17.0 Å². The minimum atomic E-state index is -3.71. The molecule has 0 saturated carbocycles. The quantitative estimate of drug-likeness (QED) is 0.104. The van der Waals surface area contributed by atoms with Gasteiger partial charge in [0, 0.05) is 6.42 Å². The van der Waals surface area contributed by atoms with Crippen LogP contribution in [0.1, 0.15) is 30.9 Å². The molecule has 0 bridgehead atoms. The van der Waals surface area contributed by atoms with Crippen molar-refractivity contribution in [2.75, 3.05) is 24.7 Å². The Balaban J connectivity index is 1.24. The first kappa shape index (κ1) is 29.4. The molecule has 2 unspecified atom stereocenters. The average Bonchev–Trinajstić information content (AvgIpc) is 3.71. The molecule has 0 amide bonds. The second-order valence-corrected chi connectivity index (χ2v) is 14.9. The van der Waals surface area contributed by atoms with E-state index in [0.29, 0.717) is 11.3 Å². The molecule has 4 aromatic rings. The Morgan fingerprint density at radius 2 is 2.07 bits per heavy atom. The molecule has 7 N–H and O–H groups in total. The Hall–Kier alpha value is -2.64. The number of aliphatic hydroxyl groups excluding tert-OH is 1. The molecule has 4 aromatic heterocycles. The summed E-state index contributed by atoms with van der Waals surface area (Å²) in [6.07, 6.45) is 0.707. The molecule has 0 aliphatic carbocycles. The van der Waals surface area contributed by atoms with Crippen LogP contribution in [0.2, 0.25) is 0 Å². The van der Waals surface area contributed by atoms with Crippen molar-refractivity contribution in [1.29, 1.82) is 0 Å². The largest absolute Gasteiger partial charge is 0.582 e. The van der Waals surface area contributed by atoms with Crippen LogP contribution in [0, 0.1) is 0 Å². The first-order chi connectivity index (χ1) is 20.1. The van der Waals surface area contributed by atoms with Gasteiger partial charge in [-0.15, -0.1) is 4.52 Å². The predicted octanol–water partition coefficient (Wildman–Crippen LogP) is 0.191. The molecule has 18 nitrogen and oxygen atoms in total. The van der Waals surface area contributed by atoms with E-state index in [1.807, 2.05) is 0 Å². The highest BCUT2D eigenvalue weighted by Crippen LogP contribution is 2.58. The van der Waals surface area contributed by atoms with Crippen LogP contribution in [0.15, 0.2) is 23.6 Å². The number of aliphatic hydroxyl groups is 1. The van der Waals surface area contributed by atoms with Crippen molar-refractivity contribution in [3.05, 3.63) is 34.9 Å². The van der Waals surface area contributed by atoms with Gasteiger partial charge in [0.25, 0.3) is 5.56 Å². The van der Waals surface area contributed by atoms with Gasteiger partial charge in [-0.2, -0.15) is 10.1 Å². The van der Waals surface area contributed by atoms with E-state index in [9.17, 15) is 19.4 Å². The molecule has 42 heavy (non-hydrogen) atoms. The van der Waals surface area contributed by atoms with Crippen LogP contribution in [-0.2, 0) is 34.9 Å². The first-order valence-electron chi connectivity index (χ1n) is 12.4. The molecule has 0 radical (unpaired) electrons. The lowest BCUT2D eigenvalue weighted by Crippen LogP contribution is -2.29. The van der Waals surface area contributed by atoms with Crippen molar-refractivity contribution < 1.29 is 33.1 Å². The van der Waals surface area contributed by atoms with Crippen molar-refractivity contribution in [3.63, 3.8) is 0 Å². The second kappa shape index (κ2) is 11.5. The normalized spacial score (nSPS) is 28.0. The van der Waals surface area contributed by atoms with Gasteiger partial charge in [0.15, 0.2) is 29.1 Å². The highest BCUT2D eigenvalue weighted by atomic mass is 32.7. The number of imidazole rings is 2. The smallest absolute Gasteiger partial charge is 0.394 e. The minimum Gasteiger partial charge on any atom is -0.394 e. The lowest BCUT2D eigenvalue weighted by Gasteiger charge is -2.28. The summed E-state index contributed by atoms with van der Waals surface area (Å²) in [5.74, 6) is 0.0489. The number of thiol groups is 1. The Labute approximate surface area is 247 Å². The van der Waals surface area contributed by atoms with E-state index in [1.165, 1.54) is 21.7 Å². The van der Waals surface area contributed by atoms with Gasteiger partial charge < -0.3 is 35.5 Å². The fraction of sp³-hybridized carbons (Fsp3) is 0.500. The average molecular weight is 660 g/mol. The van der Waals surface area contributed by atoms with Crippen LogP contribution in [0.25, 0.3) is 16.8 Å². The van der Waals surface area contributed by atoms with Crippen molar-refractivity contribution in [1.82, 2.24) is 39.1 Å². The number of fused-ring (bicyclic) bond motifs is 2. The molecule has 0 aromatic carbocycles. The third-order valence-electron chi connectivity index (χ3n) is 7.05. The molecule has 2 fully saturated rings. The maximum absolute atomic E-state index is 12.3. The lowest BCUT2D eigenvalue weighted by atomic mass is 10.1. The number of nitrogens with two attached hydrogens (primary N) is 2. The number of hydrogen-bond acceptors (Lipinski definition) is 15. The van der Waals surface area contributed by atoms with Crippen molar-refractivity contribution >= 4 is 66.4 Å². The van der Waals surface area contributed by atoms with Crippen molar-refractivity contribution in [2.45, 2.75) is 49.1 Å². The number of aromatic nitrogens is 8. The van der Waals surface area contributed by atoms with E-state index in [1.54, 1.807) is 6.20 Å². The fourth-order valence-electron chi connectivity index (χ4n) is 5.15. The summed E-state index contributed by atoms with van der Waals surface area (Å²) in [5.41, 5.74) is 11.3. The third kappa shape index (κ3) is 5.43. The molecule has 2 aliphatic heterocycles. The van der Waals surface area contributed by atoms with E-state index >= 15 is 0 Å². The van der Waals surface area contributed by atoms with Gasteiger partial charge in [0.2, 0.25) is 5.95 Å². The molecular formula is C20H25N10O8P2S2+. The number of nitrogens with one attached hydrogen (secondary N) is 1. The molecule has 224 valence electrons. The first-order valence-corrected chi connectivity index (χ1v) is 17.5. The summed E-state index contributed by atoms with van der Waals surface area (Å²) in [6, 6.07) is 0. The number of hydrogen-bond donors (Lipinski definition) is 6. The van der Waals surface area contributed by atoms with Crippen LogP contribution in [0.3, 0.4) is 0 Å². The summed E-state index contributed by atoms with van der Waals surface area (Å²) in [4.78, 5) is 42.6. The van der Waals surface area contributed by atoms with Gasteiger partial charge in [-0.1, -0.05) is 0 Å². The Morgan fingerprint density at radius 1 is 1.26 bits per heavy atom. The summed E-state index contributed by atoms with van der Waals surface area (Å²) < 4.78 is 38.4. The van der Waals surface area contributed by atoms with Gasteiger partial charge in [-0.05, 0) is 22.8 Å².